The van der Waals surface area contributed by atoms with Crippen LogP contribution in [0.5, 0.6) is 5.06 Å². The van der Waals surface area contributed by atoms with Crippen LogP contribution in [0, 0.1) is 6.92 Å². The molecule has 0 amide bonds. The van der Waals surface area contributed by atoms with Gasteiger partial charge in [-0.1, -0.05) is 0 Å². The van der Waals surface area contributed by atoms with E-state index in [2.05, 4.69) is 4.65 Å². The Morgan fingerprint density at radius 2 is 2.56 bits per heavy atom. The molecule has 0 saturated heterocycles. The van der Waals surface area contributed by atoms with E-state index in [1.165, 1.54) is 11.3 Å². The number of hydrogen-bond acceptors (Lipinski definition) is 3. The highest BCUT2D eigenvalue weighted by atomic mass is 32.1. The normalized spacial score (nSPS) is 9.11. The zero-order valence-corrected chi connectivity index (χ0v) is 5.81. The van der Waals surface area contributed by atoms with Gasteiger partial charge in [0.25, 0.3) is 0 Å². The van der Waals surface area contributed by atoms with Gasteiger partial charge in [-0.25, -0.2) is 0 Å². The Labute approximate surface area is 58.4 Å². The molecule has 0 atom stereocenters. The minimum absolute atomic E-state index is 0.686. The number of hydrogen-bond donors (Lipinski definition) is 1. The fourth-order valence-electron chi connectivity index (χ4n) is 0.519. The van der Waals surface area contributed by atoms with Crippen LogP contribution in [0.3, 0.4) is 0 Å². The van der Waals surface area contributed by atoms with Gasteiger partial charge in [0.1, 0.15) is 0 Å². The Kier molecular flexibility index (Phi) is 2.13. The standard InChI is InChI=1S/C5H6BO2S/c1-4-2-5(8-6-7)9-3-4/h2-3,7H,1H3. The summed E-state index contributed by atoms with van der Waals surface area (Å²) in [5, 5.41) is 10.9. The summed E-state index contributed by atoms with van der Waals surface area (Å²) in [6.07, 6.45) is 0. The molecule has 1 aromatic rings. The van der Waals surface area contributed by atoms with Gasteiger partial charge in [-0.3, -0.25) is 0 Å². The lowest BCUT2D eigenvalue weighted by Gasteiger charge is -1.91. The number of thiophene rings is 1. The van der Waals surface area contributed by atoms with Gasteiger partial charge < -0.3 is 9.68 Å². The molecule has 0 aromatic carbocycles. The van der Waals surface area contributed by atoms with E-state index in [0.29, 0.717) is 7.69 Å². The minimum atomic E-state index is 0.686. The van der Waals surface area contributed by atoms with Crippen molar-refractivity contribution in [3.05, 3.63) is 17.0 Å². The summed E-state index contributed by atoms with van der Waals surface area (Å²) in [4.78, 5) is 0. The van der Waals surface area contributed by atoms with E-state index >= 15 is 0 Å². The van der Waals surface area contributed by atoms with E-state index in [9.17, 15) is 0 Å². The van der Waals surface area contributed by atoms with Crippen LogP contribution in [0.4, 0.5) is 0 Å². The van der Waals surface area contributed by atoms with E-state index < -0.39 is 0 Å². The Morgan fingerprint density at radius 3 is 3.00 bits per heavy atom. The Balaban J connectivity index is 2.61. The lowest BCUT2D eigenvalue weighted by Crippen LogP contribution is -1.97. The SMILES string of the molecule is Cc1csc(O[B]O)c1. The van der Waals surface area contributed by atoms with Crippen LogP contribution >= 0.6 is 11.3 Å². The van der Waals surface area contributed by atoms with Crippen molar-refractivity contribution >= 4 is 19.0 Å². The number of rotatable bonds is 2. The largest absolute Gasteiger partial charge is 0.569 e. The van der Waals surface area contributed by atoms with Crippen LogP contribution < -0.4 is 4.65 Å². The molecule has 1 heterocycles. The van der Waals surface area contributed by atoms with Crippen molar-refractivity contribution in [2.45, 2.75) is 6.92 Å². The maximum absolute atomic E-state index is 8.19. The summed E-state index contributed by atoms with van der Waals surface area (Å²) < 4.78 is 4.68. The van der Waals surface area contributed by atoms with Gasteiger partial charge in [0, 0.05) is 0 Å². The zero-order chi connectivity index (χ0) is 6.69. The molecular formula is C5H6BO2S. The molecule has 4 heteroatoms. The van der Waals surface area contributed by atoms with E-state index in [1.807, 2.05) is 18.4 Å². The second-order valence-corrected chi connectivity index (χ2v) is 2.54. The van der Waals surface area contributed by atoms with Crippen LogP contribution in [0.25, 0.3) is 0 Å². The van der Waals surface area contributed by atoms with Gasteiger partial charge in [0.15, 0.2) is 5.06 Å². The van der Waals surface area contributed by atoms with Gasteiger partial charge in [0.2, 0.25) is 0 Å². The third-order valence-electron chi connectivity index (χ3n) is 0.875. The molecule has 0 unspecified atom stereocenters. The van der Waals surface area contributed by atoms with Crippen molar-refractivity contribution in [2.24, 2.45) is 0 Å². The summed E-state index contributed by atoms with van der Waals surface area (Å²) in [5.74, 6) is 0. The zero-order valence-electron chi connectivity index (χ0n) is 5.00. The topological polar surface area (TPSA) is 29.5 Å². The predicted molar refractivity (Wildman–Crippen MR) is 37.7 cm³/mol. The van der Waals surface area contributed by atoms with Crippen molar-refractivity contribution in [1.82, 2.24) is 0 Å². The molecule has 0 spiro atoms. The Hall–Kier alpha value is -0.475. The van der Waals surface area contributed by atoms with E-state index in [4.69, 9.17) is 5.02 Å². The van der Waals surface area contributed by atoms with Crippen molar-refractivity contribution in [1.29, 1.82) is 0 Å². The van der Waals surface area contributed by atoms with Crippen LogP contribution in [0.2, 0.25) is 0 Å². The maximum Gasteiger partial charge on any atom is 0.569 e. The summed E-state index contributed by atoms with van der Waals surface area (Å²) in [7, 11) is 0.686. The van der Waals surface area contributed by atoms with E-state index in [-0.39, 0.29) is 0 Å². The molecule has 9 heavy (non-hydrogen) atoms. The Bertz CT molecular complexity index is 187. The Morgan fingerprint density at radius 1 is 1.78 bits per heavy atom. The number of aryl methyl sites for hydroxylation is 1. The molecular weight excluding hydrogens is 135 g/mol. The highest BCUT2D eigenvalue weighted by molar-refractivity contribution is 7.12. The van der Waals surface area contributed by atoms with E-state index in [1.54, 1.807) is 0 Å². The third kappa shape index (κ3) is 1.73. The van der Waals surface area contributed by atoms with Crippen molar-refractivity contribution < 1.29 is 9.68 Å². The lowest BCUT2D eigenvalue weighted by molar-refractivity contribution is 0.461. The van der Waals surface area contributed by atoms with Crippen LogP contribution in [-0.2, 0) is 0 Å². The van der Waals surface area contributed by atoms with E-state index in [0.717, 1.165) is 10.6 Å². The molecule has 1 N–H and O–H groups in total. The minimum Gasteiger partial charge on any atom is -0.530 e. The summed E-state index contributed by atoms with van der Waals surface area (Å²) in [6, 6.07) is 1.86. The third-order valence-corrected chi connectivity index (χ3v) is 1.81. The lowest BCUT2D eigenvalue weighted by atomic mass is 10.4. The monoisotopic (exact) mass is 141 g/mol. The summed E-state index contributed by atoms with van der Waals surface area (Å²) in [5.41, 5.74) is 1.15. The van der Waals surface area contributed by atoms with Crippen molar-refractivity contribution in [2.75, 3.05) is 0 Å². The van der Waals surface area contributed by atoms with Gasteiger partial charge in [-0.05, 0) is 23.9 Å². The molecule has 0 aliphatic rings. The first-order chi connectivity index (χ1) is 4.33. The van der Waals surface area contributed by atoms with Crippen LogP contribution in [0.15, 0.2) is 11.4 Å². The molecule has 1 radical (unpaired) electrons. The van der Waals surface area contributed by atoms with Crippen molar-refractivity contribution in [3.8, 4) is 5.06 Å². The van der Waals surface area contributed by atoms with Crippen LogP contribution in [0.1, 0.15) is 5.56 Å². The molecule has 1 aromatic heterocycles. The first-order valence-corrected chi connectivity index (χ1v) is 3.38. The first kappa shape index (κ1) is 6.64. The first-order valence-electron chi connectivity index (χ1n) is 2.50. The second-order valence-electron chi connectivity index (χ2n) is 1.67. The molecule has 0 fully saturated rings. The van der Waals surface area contributed by atoms with Gasteiger partial charge in [0.05, 0.1) is 0 Å². The summed E-state index contributed by atoms with van der Waals surface area (Å²) >= 11 is 1.46. The van der Waals surface area contributed by atoms with Gasteiger partial charge >= 0.3 is 7.69 Å². The van der Waals surface area contributed by atoms with Crippen LogP contribution in [-0.4, -0.2) is 12.7 Å². The highest BCUT2D eigenvalue weighted by Crippen LogP contribution is 2.21. The molecule has 0 bridgehead atoms. The fourth-order valence-corrected chi connectivity index (χ4v) is 1.24. The maximum atomic E-state index is 8.19. The van der Waals surface area contributed by atoms with Gasteiger partial charge in [-0.2, -0.15) is 0 Å². The second kappa shape index (κ2) is 2.89. The fraction of sp³-hybridized carbons (Fsp3) is 0.200. The molecule has 1 rings (SSSR count). The predicted octanol–water partition coefficient (Wildman–Crippen LogP) is 0.962. The smallest absolute Gasteiger partial charge is 0.530 e. The summed E-state index contributed by atoms with van der Waals surface area (Å²) in [6.45, 7) is 1.97. The van der Waals surface area contributed by atoms with Crippen molar-refractivity contribution in [3.63, 3.8) is 0 Å². The highest BCUT2D eigenvalue weighted by Gasteiger charge is 1.95. The molecule has 0 aliphatic heterocycles. The molecule has 0 aliphatic carbocycles. The molecule has 47 valence electrons. The average Bonchev–Trinajstić information content (AvgIpc) is 2.17. The molecule has 2 nitrogen and oxygen atoms in total. The average molecular weight is 141 g/mol. The quantitative estimate of drug-likeness (QED) is 0.621. The molecule has 0 saturated carbocycles. The van der Waals surface area contributed by atoms with Gasteiger partial charge in [-0.15, -0.1) is 11.3 Å².